The highest BCUT2D eigenvalue weighted by atomic mass is 35.5. The summed E-state index contributed by atoms with van der Waals surface area (Å²) < 4.78 is 91.2. The molecule has 3 rings (SSSR count). The summed E-state index contributed by atoms with van der Waals surface area (Å²) in [6.07, 6.45) is -6.31. The van der Waals surface area contributed by atoms with Crippen molar-refractivity contribution in [3.05, 3.63) is 64.2 Å². The van der Waals surface area contributed by atoms with Crippen molar-refractivity contribution in [3.8, 4) is 0 Å². The Morgan fingerprint density at radius 3 is 2.21 bits per heavy atom. The summed E-state index contributed by atoms with van der Waals surface area (Å²) in [5.74, 6) is -4.11. The minimum Gasteiger partial charge on any atom is -0.387 e. The number of benzene rings is 2. The number of sulfone groups is 1. The number of carbonyl (C=O) groups is 1. The third kappa shape index (κ3) is 5.69. The number of carbonyl (C=O) groups excluding carboxylic acids is 1. The highest BCUT2D eigenvalue weighted by Gasteiger charge is 2.48. The molecule has 0 heterocycles. The van der Waals surface area contributed by atoms with Crippen LogP contribution in [0.4, 0.5) is 22.0 Å². The lowest BCUT2D eigenvalue weighted by Gasteiger charge is -2.42. The first-order chi connectivity index (χ1) is 15.5. The summed E-state index contributed by atoms with van der Waals surface area (Å²) in [4.78, 5) is 12.3. The average Bonchev–Trinajstić information content (AvgIpc) is 2.73. The fraction of sp³-hybridized carbons (Fsp3) is 0.409. The van der Waals surface area contributed by atoms with Crippen LogP contribution in [0.25, 0.3) is 0 Å². The van der Waals surface area contributed by atoms with Gasteiger partial charge in [0.1, 0.15) is 0 Å². The largest absolute Gasteiger partial charge is 0.416 e. The van der Waals surface area contributed by atoms with Crippen LogP contribution < -0.4 is 5.32 Å². The number of aliphatic hydroxyl groups is 1. The van der Waals surface area contributed by atoms with Gasteiger partial charge >= 0.3 is 6.18 Å². The molecule has 2 aromatic carbocycles. The average molecular weight is 526 g/mol. The van der Waals surface area contributed by atoms with Gasteiger partial charge in [-0.05, 0) is 42.7 Å². The van der Waals surface area contributed by atoms with Crippen LogP contribution in [-0.2, 0) is 16.0 Å². The highest BCUT2D eigenvalue weighted by molar-refractivity contribution is 7.90. The van der Waals surface area contributed by atoms with E-state index in [9.17, 15) is 40.3 Å². The Balaban J connectivity index is 2.06. The number of rotatable bonds is 5. The molecular formula is C22H21ClF5NO4S. The first kappa shape index (κ1) is 26.4. The summed E-state index contributed by atoms with van der Waals surface area (Å²) in [6.45, 7) is 0. The number of hydrogen-bond acceptors (Lipinski definition) is 4. The number of hydrogen-bond donors (Lipinski definition) is 2. The zero-order valence-corrected chi connectivity index (χ0v) is 19.4. The smallest absolute Gasteiger partial charge is 0.387 e. The van der Waals surface area contributed by atoms with Crippen LogP contribution in [0.5, 0.6) is 0 Å². The molecule has 0 saturated heterocycles. The number of halogens is 6. The Kier molecular flexibility index (Phi) is 7.05. The molecule has 2 N–H and O–H groups in total. The summed E-state index contributed by atoms with van der Waals surface area (Å²) in [7, 11) is -4.27. The lowest BCUT2D eigenvalue weighted by atomic mass is 9.75. The molecule has 0 bridgehead atoms. The van der Waals surface area contributed by atoms with E-state index in [0.717, 1.165) is 6.07 Å². The van der Waals surface area contributed by atoms with Gasteiger partial charge in [0, 0.05) is 24.1 Å². The van der Waals surface area contributed by atoms with E-state index >= 15 is 0 Å². The zero-order valence-electron chi connectivity index (χ0n) is 17.8. The summed E-state index contributed by atoms with van der Waals surface area (Å²) in [6, 6.07) is 6.33. The maximum atomic E-state index is 13.8. The number of amides is 1. The lowest BCUT2D eigenvalue weighted by molar-refractivity contribution is -0.137. The van der Waals surface area contributed by atoms with E-state index in [4.69, 9.17) is 11.6 Å². The molecule has 2 aromatic rings. The van der Waals surface area contributed by atoms with Crippen molar-refractivity contribution in [3.63, 3.8) is 0 Å². The van der Waals surface area contributed by atoms with Crippen molar-refractivity contribution in [2.75, 3.05) is 6.26 Å². The van der Waals surface area contributed by atoms with Gasteiger partial charge < -0.3 is 10.4 Å². The molecule has 5 nitrogen and oxygen atoms in total. The van der Waals surface area contributed by atoms with Crippen LogP contribution in [0.3, 0.4) is 0 Å². The van der Waals surface area contributed by atoms with Crippen molar-refractivity contribution >= 4 is 27.3 Å². The molecule has 12 heteroatoms. The molecule has 0 spiro atoms. The Hall–Kier alpha value is -2.24. The monoisotopic (exact) mass is 525 g/mol. The quantitative estimate of drug-likeness (QED) is 0.527. The van der Waals surface area contributed by atoms with Gasteiger partial charge in [0.25, 0.3) is 5.91 Å². The van der Waals surface area contributed by atoms with Gasteiger partial charge in [-0.1, -0.05) is 29.8 Å². The molecule has 0 aliphatic heterocycles. The lowest BCUT2D eigenvalue weighted by Crippen LogP contribution is -2.50. The van der Waals surface area contributed by atoms with Crippen molar-refractivity contribution in [1.82, 2.24) is 5.32 Å². The first-order valence-electron chi connectivity index (χ1n) is 10.1. The highest BCUT2D eigenvalue weighted by Crippen LogP contribution is 2.45. The fourth-order valence-electron chi connectivity index (χ4n) is 3.95. The van der Waals surface area contributed by atoms with E-state index in [2.05, 4.69) is 5.32 Å². The fourth-order valence-corrected chi connectivity index (χ4v) is 5.10. The minimum absolute atomic E-state index is 0.106. The summed E-state index contributed by atoms with van der Waals surface area (Å²) >= 11 is 6.23. The molecule has 1 fully saturated rings. The van der Waals surface area contributed by atoms with E-state index < -0.39 is 81.2 Å². The number of nitrogens with one attached hydrogen (secondary N) is 1. The molecule has 0 aromatic heterocycles. The second-order valence-electron chi connectivity index (χ2n) is 8.37. The maximum absolute atomic E-state index is 13.8. The third-order valence-electron chi connectivity index (χ3n) is 5.83. The maximum Gasteiger partial charge on any atom is 0.416 e. The van der Waals surface area contributed by atoms with Crippen molar-refractivity contribution in [2.45, 2.75) is 54.3 Å². The van der Waals surface area contributed by atoms with Crippen molar-refractivity contribution < 1.29 is 40.3 Å². The predicted octanol–water partition coefficient (Wildman–Crippen LogP) is 5.17. The standard InChI is InChI=1S/C22H21ClF5NO4S/c1-34(32,33)17-12-13(22(26,27)28)6-7-15(17)19(30)29-18(14-4-2-3-5-16(14)23)20(31)8-10-21(24,25)11-9-20/h2-7,12,18,31H,8-11H2,1H3,(H,29,30). The first-order valence-corrected chi connectivity index (χ1v) is 12.4. The predicted molar refractivity (Wildman–Crippen MR) is 115 cm³/mol. The normalized spacial score (nSPS) is 18.8. The second-order valence-corrected chi connectivity index (χ2v) is 10.8. The molecule has 1 atom stereocenters. The van der Waals surface area contributed by atoms with E-state index in [0.29, 0.717) is 18.4 Å². The van der Waals surface area contributed by atoms with E-state index in [1.807, 2.05) is 0 Å². The van der Waals surface area contributed by atoms with Gasteiger partial charge in [-0.3, -0.25) is 4.79 Å². The van der Waals surface area contributed by atoms with Crippen LogP contribution >= 0.6 is 11.6 Å². The molecule has 1 amide bonds. The molecule has 1 aliphatic carbocycles. The van der Waals surface area contributed by atoms with E-state index in [1.54, 1.807) is 12.1 Å². The Morgan fingerprint density at radius 2 is 1.68 bits per heavy atom. The molecule has 1 saturated carbocycles. The number of alkyl halides is 5. The molecular weight excluding hydrogens is 505 g/mol. The van der Waals surface area contributed by atoms with Crippen LogP contribution in [0.1, 0.15) is 53.2 Å². The van der Waals surface area contributed by atoms with Gasteiger partial charge in [0.15, 0.2) is 9.84 Å². The Labute approximate surface area is 197 Å². The molecule has 34 heavy (non-hydrogen) atoms. The van der Waals surface area contributed by atoms with Crippen LogP contribution in [0, 0.1) is 0 Å². The molecule has 1 aliphatic rings. The minimum atomic E-state index is -4.85. The molecule has 186 valence electrons. The Bertz CT molecular complexity index is 1190. The van der Waals surface area contributed by atoms with Crippen molar-refractivity contribution in [2.24, 2.45) is 0 Å². The van der Waals surface area contributed by atoms with Crippen molar-refractivity contribution in [1.29, 1.82) is 0 Å². The SMILES string of the molecule is CS(=O)(=O)c1cc(C(F)(F)F)ccc1C(=O)NC(c1ccccc1Cl)C1(O)CCC(F)(F)CC1. The summed E-state index contributed by atoms with van der Waals surface area (Å²) in [5.41, 5.74) is -3.52. The Morgan fingerprint density at radius 1 is 1.09 bits per heavy atom. The molecule has 1 unspecified atom stereocenters. The summed E-state index contributed by atoms with van der Waals surface area (Å²) in [5, 5.41) is 13.8. The van der Waals surface area contributed by atoms with Gasteiger partial charge in [-0.25, -0.2) is 17.2 Å². The zero-order chi connectivity index (χ0) is 25.5. The van der Waals surface area contributed by atoms with Crippen LogP contribution in [0.15, 0.2) is 47.4 Å². The van der Waals surface area contributed by atoms with Gasteiger partial charge in [-0.15, -0.1) is 0 Å². The van der Waals surface area contributed by atoms with Gasteiger partial charge in [0.05, 0.1) is 27.7 Å². The van der Waals surface area contributed by atoms with E-state index in [1.165, 1.54) is 12.1 Å². The molecule has 0 radical (unpaired) electrons. The topological polar surface area (TPSA) is 83.5 Å². The van der Waals surface area contributed by atoms with Gasteiger partial charge in [-0.2, -0.15) is 13.2 Å². The third-order valence-corrected chi connectivity index (χ3v) is 7.31. The second kappa shape index (κ2) is 9.09. The van der Waals surface area contributed by atoms with Gasteiger partial charge in [0.2, 0.25) is 5.92 Å². The van der Waals surface area contributed by atoms with E-state index in [-0.39, 0.29) is 10.6 Å². The van der Waals surface area contributed by atoms with Crippen LogP contribution in [0.2, 0.25) is 5.02 Å². The van der Waals surface area contributed by atoms with Crippen LogP contribution in [-0.4, -0.2) is 37.2 Å².